The zero-order valence-electron chi connectivity index (χ0n) is 11.1. The minimum absolute atomic E-state index is 0.0739. The van der Waals surface area contributed by atoms with Crippen LogP contribution in [0.5, 0.6) is 0 Å². The van der Waals surface area contributed by atoms with E-state index in [0.717, 1.165) is 5.69 Å². The first-order valence-electron chi connectivity index (χ1n) is 6.78. The van der Waals surface area contributed by atoms with Gasteiger partial charge in [-0.3, -0.25) is 14.2 Å². The maximum Gasteiger partial charge on any atom is 0.172 e. The van der Waals surface area contributed by atoms with Gasteiger partial charge >= 0.3 is 0 Å². The van der Waals surface area contributed by atoms with Crippen LogP contribution in [0.4, 0.5) is 0 Å². The lowest BCUT2D eigenvalue weighted by molar-refractivity contribution is 0.0991. The van der Waals surface area contributed by atoms with Crippen molar-refractivity contribution in [1.29, 1.82) is 0 Å². The molecular formula is C14H18N4O. The predicted octanol–water partition coefficient (Wildman–Crippen LogP) is 2.16. The van der Waals surface area contributed by atoms with Crippen LogP contribution in [0.3, 0.4) is 0 Å². The van der Waals surface area contributed by atoms with Crippen molar-refractivity contribution in [3.05, 3.63) is 35.9 Å². The Balaban J connectivity index is 1.68. The maximum atomic E-state index is 12.1. The second-order valence-electron chi connectivity index (χ2n) is 5.23. The molecule has 0 aliphatic heterocycles. The lowest BCUT2D eigenvalue weighted by Crippen LogP contribution is -2.08. The molecule has 2 heterocycles. The minimum Gasteiger partial charge on any atom is -0.294 e. The summed E-state index contributed by atoms with van der Waals surface area (Å²) in [7, 11) is 1.81. The normalized spacial score (nSPS) is 16.1. The van der Waals surface area contributed by atoms with Crippen LogP contribution in [0.15, 0.2) is 24.7 Å². The number of Topliss-reactive ketones (excluding diaryl/α,β-unsaturated/α-hetero) is 1. The molecule has 0 radical (unpaired) electrons. The van der Waals surface area contributed by atoms with Gasteiger partial charge in [0, 0.05) is 19.4 Å². The van der Waals surface area contributed by atoms with Crippen LogP contribution in [0, 0.1) is 0 Å². The number of carbonyl (C=O) groups excluding carboxylic acids is 1. The van der Waals surface area contributed by atoms with Gasteiger partial charge in [-0.15, -0.1) is 0 Å². The average molecular weight is 258 g/mol. The third-order valence-corrected chi connectivity index (χ3v) is 3.73. The number of rotatable bonds is 4. The summed E-state index contributed by atoms with van der Waals surface area (Å²) in [6.45, 7) is 0. The van der Waals surface area contributed by atoms with E-state index in [1.807, 2.05) is 24.0 Å². The molecular weight excluding hydrogens is 240 g/mol. The first-order chi connectivity index (χ1) is 9.22. The van der Waals surface area contributed by atoms with Crippen LogP contribution >= 0.6 is 0 Å². The van der Waals surface area contributed by atoms with Crippen LogP contribution in [0.25, 0.3) is 0 Å². The zero-order chi connectivity index (χ0) is 13.2. The van der Waals surface area contributed by atoms with Crippen molar-refractivity contribution in [2.45, 2.75) is 38.1 Å². The molecule has 5 heteroatoms. The molecule has 0 N–H and O–H groups in total. The molecule has 0 spiro atoms. The van der Waals surface area contributed by atoms with Crippen molar-refractivity contribution in [2.24, 2.45) is 7.05 Å². The number of hydrogen-bond acceptors (Lipinski definition) is 3. The number of aryl methyl sites for hydroxylation is 1. The molecule has 1 aliphatic carbocycles. The molecule has 100 valence electrons. The second-order valence-corrected chi connectivity index (χ2v) is 5.23. The van der Waals surface area contributed by atoms with Gasteiger partial charge in [0.2, 0.25) is 0 Å². The van der Waals surface area contributed by atoms with E-state index in [9.17, 15) is 4.79 Å². The molecule has 2 aromatic rings. The average Bonchev–Trinajstić information content (AvgIpc) is 3.07. The number of aromatic nitrogens is 4. The number of ketones is 1. The topological polar surface area (TPSA) is 52.7 Å². The Bertz CT molecular complexity index is 578. The van der Waals surface area contributed by atoms with Gasteiger partial charge in [0.25, 0.3) is 0 Å². The fourth-order valence-corrected chi connectivity index (χ4v) is 2.68. The van der Waals surface area contributed by atoms with Crippen LogP contribution in [0.2, 0.25) is 0 Å². The second kappa shape index (κ2) is 4.99. The standard InChI is InChI=1S/C14H18N4O/c1-17-10-11(9-15-17)14(19)8-12-6-7-18(16-12)13-4-2-3-5-13/h6-7,9-10,13H,2-5,8H2,1H3. The lowest BCUT2D eigenvalue weighted by Gasteiger charge is -2.08. The summed E-state index contributed by atoms with van der Waals surface area (Å²) in [6, 6.07) is 2.48. The first kappa shape index (κ1) is 12.1. The molecule has 0 bridgehead atoms. The molecule has 0 aromatic carbocycles. The number of nitrogens with zero attached hydrogens (tertiary/aromatic N) is 4. The molecule has 2 aromatic heterocycles. The van der Waals surface area contributed by atoms with Crippen molar-refractivity contribution in [3.63, 3.8) is 0 Å². The van der Waals surface area contributed by atoms with Gasteiger partial charge in [0.05, 0.1) is 29.9 Å². The molecule has 0 amide bonds. The zero-order valence-corrected chi connectivity index (χ0v) is 11.1. The lowest BCUT2D eigenvalue weighted by atomic mass is 10.1. The molecule has 5 nitrogen and oxygen atoms in total. The van der Waals surface area contributed by atoms with Crippen molar-refractivity contribution in [3.8, 4) is 0 Å². The third kappa shape index (κ3) is 2.59. The van der Waals surface area contributed by atoms with E-state index < -0.39 is 0 Å². The molecule has 1 fully saturated rings. The number of carbonyl (C=O) groups is 1. The van der Waals surface area contributed by atoms with Gasteiger partial charge in [-0.05, 0) is 18.9 Å². The van der Waals surface area contributed by atoms with Crippen LogP contribution in [-0.2, 0) is 13.5 Å². The van der Waals surface area contributed by atoms with Crippen molar-refractivity contribution >= 4 is 5.78 Å². The van der Waals surface area contributed by atoms with Crippen molar-refractivity contribution in [2.75, 3.05) is 0 Å². The molecule has 1 saturated carbocycles. The molecule has 0 unspecified atom stereocenters. The minimum atomic E-state index is 0.0739. The summed E-state index contributed by atoms with van der Waals surface area (Å²) in [5.74, 6) is 0.0739. The summed E-state index contributed by atoms with van der Waals surface area (Å²) in [4.78, 5) is 12.1. The van der Waals surface area contributed by atoms with Gasteiger partial charge in [-0.1, -0.05) is 12.8 Å². The highest BCUT2D eigenvalue weighted by Gasteiger charge is 2.18. The summed E-state index contributed by atoms with van der Waals surface area (Å²) in [5, 5.41) is 8.55. The van der Waals surface area contributed by atoms with E-state index in [0.29, 0.717) is 18.0 Å². The highest BCUT2D eigenvalue weighted by molar-refractivity contribution is 5.96. The Hall–Kier alpha value is -1.91. The summed E-state index contributed by atoms with van der Waals surface area (Å²) in [6.07, 6.45) is 10.7. The van der Waals surface area contributed by atoms with Gasteiger partial charge in [0.1, 0.15) is 0 Å². The maximum absolute atomic E-state index is 12.1. The molecule has 3 rings (SSSR count). The fourth-order valence-electron chi connectivity index (χ4n) is 2.68. The van der Waals surface area contributed by atoms with Gasteiger partial charge in [-0.2, -0.15) is 10.2 Å². The van der Waals surface area contributed by atoms with Crippen molar-refractivity contribution in [1.82, 2.24) is 19.6 Å². The van der Waals surface area contributed by atoms with E-state index in [4.69, 9.17) is 0 Å². The summed E-state index contributed by atoms with van der Waals surface area (Å²) < 4.78 is 3.67. The van der Waals surface area contributed by atoms with Gasteiger partial charge < -0.3 is 0 Å². The Labute approximate surface area is 112 Å². The van der Waals surface area contributed by atoms with Gasteiger partial charge in [0.15, 0.2) is 5.78 Å². The molecule has 0 atom stereocenters. The number of hydrogen-bond donors (Lipinski definition) is 0. The molecule has 19 heavy (non-hydrogen) atoms. The Morgan fingerprint density at radius 3 is 2.89 bits per heavy atom. The highest BCUT2D eigenvalue weighted by atomic mass is 16.1. The van der Waals surface area contributed by atoms with Crippen LogP contribution in [-0.4, -0.2) is 25.3 Å². The Morgan fingerprint density at radius 1 is 1.42 bits per heavy atom. The van der Waals surface area contributed by atoms with Gasteiger partial charge in [-0.25, -0.2) is 0 Å². The largest absolute Gasteiger partial charge is 0.294 e. The first-order valence-corrected chi connectivity index (χ1v) is 6.78. The quantitative estimate of drug-likeness (QED) is 0.790. The highest BCUT2D eigenvalue weighted by Crippen LogP contribution is 2.28. The SMILES string of the molecule is Cn1cc(C(=O)Cc2ccn(C3CCCC3)n2)cn1. The monoisotopic (exact) mass is 258 g/mol. The van der Waals surface area contributed by atoms with Crippen LogP contribution < -0.4 is 0 Å². The fraction of sp³-hybridized carbons (Fsp3) is 0.500. The predicted molar refractivity (Wildman–Crippen MR) is 71.0 cm³/mol. The smallest absolute Gasteiger partial charge is 0.172 e. The molecule has 0 saturated heterocycles. The van der Waals surface area contributed by atoms with E-state index in [1.165, 1.54) is 25.7 Å². The van der Waals surface area contributed by atoms with E-state index in [-0.39, 0.29) is 5.78 Å². The van der Waals surface area contributed by atoms with E-state index in [1.54, 1.807) is 17.1 Å². The Morgan fingerprint density at radius 2 is 2.21 bits per heavy atom. The van der Waals surface area contributed by atoms with Crippen molar-refractivity contribution < 1.29 is 4.79 Å². The Kier molecular flexibility index (Phi) is 3.19. The van der Waals surface area contributed by atoms with E-state index >= 15 is 0 Å². The summed E-state index contributed by atoms with van der Waals surface area (Å²) in [5.41, 5.74) is 1.50. The molecule has 1 aliphatic rings. The van der Waals surface area contributed by atoms with Crippen LogP contribution in [0.1, 0.15) is 47.8 Å². The summed E-state index contributed by atoms with van der Waals surface area (Å²) >= 11 is 0. The third-order valence-electron chi connectivity index (χ3n) is 3.73. The van der Waals surface area contributed by atoms with E-state index in [2.05, 4.69) is 10.2 Å².